The molecule has 0 saturated carbocycles. The average molecular weight is 385 g/mol. The molecule has 0 aromatic heterocycles. The van der Waals surface area contributed by atoms with E-state index < -0.39 is 6.03 Å². The lowest BCUT2D eigenvalue weighted by Gasteiger charge is -2.45. The maximum absolute atomic E-state index is 11.9. The second-order valence-electron chi connectivity index (χ2n) is 7.60. The number of amides is 2. The quantitative estimate of drug-likeness (QED) is 0.563. The largest absolute Gasteiger partial charge is 0.369 e. The molecule has 0 fully saturated rings. The van der Waals surface area contributed by atoms with Gasteiger partial charge in [0.05, 0.1) is 11.2 Å². The zero-order valence-electron chi connectivity index (χ0n) is 16.1. The minimum Gasteiger partial charge on any atom is -0.369 e. The predicted molar refractivity (Wildman–Crippen MR) is 113 cm³/mol. The molecule has 1 aliphatic rings. The van der Waals surface area contributed by atoms with Crippen molar-refractivity contribution in [2.45, 2.75) is 38.6 Å². The predicted octanol–water partition coefficient (Wildman–Crippen LogP) is 5.22. The van der Waals surface area contributed by atoms with Gasteiger partial charge in [0.1, 0.15) is 0 Å². The molecule has 6 heteroatoms. The molecule has 0 bridgehead atoms. The highest BCUT2D eigenvalue weighted by molar-refractivity contribution is 6.33. The van der Waals surface area contributed by atoms with E-state index in [1.165, 1.54) is 5.56 Å². The van der Waals surface area contributed by atoms with Crippen molar-refractivity contribution < 1.29 is 4.79 Å². The second-order valence-corrected chi connectivity index (χ2v) is 8.01. The number of benzene rings is 2. The van der Waals surface area contributed by atoms with Crippen LogP contribution in [0.15, 0.2) is 47.6 Å². The number of para-hydroxylation sites is 1. The van der Waals surface area contributed by atoms with Crippen LogP contribution >= 0.6 is 11.6 Å². The summed E-state index contributed by atoms with van der Waals surface area (Å²) in [5.74, 6) is 0.421. The normalized spacial score (nSPS) is 18.3. The fourth-order valence-corrected chi connectivity index (χ4v) is 3.75. The fourth-order valence-electron chi connectivity index (χ4n) is 3.54. The van der Waals surface area contributed by atoms with Crippen LogP contribution in [0.1, 0.15) is 44.2 Å². The Morgan fingerprint density at radius 2 is 2.00 bits per heavy atom. The van der Waals surface area contributed by atoms with Crippen LogP contribution in [0, 0.1) is 0 Å². The molecule has 3 rings (SSSR count). The van der Waals surface area contributed by atoms with Crippen molar-refractivity contribution >= 4 is 35.2 Å². The Morgan fingerprint density at radius 1 is 1.30 bits per heavy atom. The van der Waals surface area contributed by atoms with E-state index in [1.807, 2.05) is 36.4 Å². The monoisotopic (exact) mass is 384 g/mol. The van der Waals surface area contributed by atoms with Gasteiger partial charge in [0.15, 0.2) is 0 Å². The van der Waals surface area contributed by atoms with E-state index in [4.69, 9.17) is 11.6 Å². The van der Waals surface area contributed by atoms with Gasteiger partial charge in [-0.25, -0.2) is 10.2 Å². The number of hydrogen-bond acceptors (Lipinski definition) is 3. The van der Waals surface area contributed by atoms with Crippen LogP contribution in [0.5, 0.6) is 0 Å². The molecule has 2 aromatic rings. The number of nitrogens with one attached hydrogen (secondary N) is 2. The van der Waals surface area contributed by atoms with E-state index in [2.05, 4.69) is 54.6 Å². The van der Waals surface area contributed by atoms with Crippen LogP contribution in [0.25, 0.3) is 0 Å². The number of halogens is 1. The zero-order valence-corrected chi connectivity index (χ0v) is 16.8. The van der Waals surface area contributed by atoms with Gasteiger partial charge in [0, 0.05) is 29.5 Å². The Labute approximate surface area is 165 Å². The van der Waals surface area contributed by atoms with E-state index >= 15 is 0 Å². The Hall–Kier alpha value is -2.53. The van der Waals surface area contributed by atoms with Gasteiger partial charge < -0.3 is 10.2 Å². The van der Waals surface area contributed by atoms with Crippen LogP contribution in [0.3, 0.4) is 0 Å². The van der Waals surface area contributed by atoms with Crippen molar-refractivity contribution in [3.8, 4) is 0 Å². The highest BCUT2D eigenvalue weighted by Gasteiger charge is 2.34. The summed E-state index contributed by atoms with van der Waals surface area (Å²) in [6, 6.07) is 12.9. The Bertz CT molecular complexity index is 864. The first-order valence-corrected chi connectivity index (χ1v) is 9.38. The molecule has 27 heavy (non-hydrogen) atoms. The molecule has 5 nitrogen and oxygen atoms in total. The number of carbonyl (C=O) groups is 1. The number of rotatable bonds is 3. The van der Waals surface area contributed by atoms with E-state index in [0.717, 1.165) is 17.7 Å². The Balaban J connectivity index is 1.73. The van der Waals surface area contributed by atoms with Gasteiger partial charge >= 0.3 is 6.03 Å². The smallest absolute Gasteiger partial charge is 0.339 e. The van der Waals surface area contributed by atoms with Crippen LogP contribution in [0.2, 0.25) is 5.02 Å². The topological polar surface area (TPSA) is 56.7 Å². The van der Waals surface area contributed by atoms with Crippen molar-refractivity contribution in [2.24, 2.45) is 5.10 Å². The number of hydrogen-bond donors (Lipinski definition) is 2. The van der Waals surface area contributed by atoms with Gasteiger partial charge in [-0.2, -0.15) is 5.10 Å². The number of urea groups is 1. The Morgan fingerprint density at radius 3 is 2.70 bits per heavy atom. The van der Waals surface area contributed by atoms with Crippen molar-refractivity contribution in [1.82, 2.24) is 5.43 Å². The summed E-state index contributed by atoms with van der Waals surface area (Å²) in [6.07, 6.45) is 2.64. The van der Waals surface area contributed by atoms with Gasteiger partial charge in [-0.1, -0.05) is 36.7 Å². The third kappa shape index (κ3) is 4.25. The highest BCUT2D eigenvalue weighted by atomic mass is 35.5. The van der Waals surface area contributed by atoms with Crippen LogP contribution < -0.4 is 15.6 Å². The van der Waals surface area contributed by atoms with Gasteiger partial charge in [-0.15, -0.1) is 0 Å². The summed E-state index contributed by atoms with van der Waals surface area (Å²) in [5, 5.41) is 7.36. The molecule has 0 radical (unpaired) electrons. The Kier molecular flexibility index (Phi) is 5.42. The lowest BCUT2D eigenvalue weighted by molar-refractivity contribution is 0.252. The zero-order chi connectivity index (χ0) is 19.6. The molecule has 142 valence electrons. The maximum atomic E-state index is 11.9. The molecule has 2 N–H and O–H groups in total. The SMILES string of the molecule is C[C@@H]1CC(C)(C)N(C)c2cc(Cl)c(/C=N/NC(=O)Nc3ccccc3)cc21. The average Bonchev–Trinajstić information content (AvgIpc) is 2.61. The van der Waals surface area contributed by atoms with Crippen molar-refractivity contribution in [3.05, 3.63) is 58.6 Å². The van der Waals surface area contributed by atoms with Gasteiger partial charge in [0.25, 0.3) is 0 Å². The summed E-state index contributed by atoms with van der Waals surface area (Å²) >= 11 is 6.47. The maximum Gasteiger partial charge on any atom is 0.339 e. The van der Waals surface area contributed by atoms with Crippen molar-refractivity contribution in [3.63, 3.8) is 0 Å². The summed E-state index contributed by atoms with van der Waals surface area (Å²) in [4.78, 5) is 14.2. The third-order valence-corrected chi connectivity index (χ3v) is 5.48. The molecular formula is C21H25ClN4O. The van der Waals surface area contributed by atoms with E-state index in [0.29, 0.717) is 16.6 Å². The van der Waals surface area contributed by atoms with Crippen molar-refractivity contribution in [2.75, 3.05) is 17.3 Å². The first-order valence-electron chi connectivity index (χ1n) is 9.00. The lowest BCUT2D eigenvalue weighted by atomic mass is 9.80. The lowest BCUT2D eigenvalue weighted by Crippen LogP contribution is -2.45. The minimum atomic E-state index is -0.401. The van der Waals surface area contributed by atoms with Crippen LogP contribution in [-0.4, -0.2) is 24.8 Å². The van der Waals surface area contributed by atoms with Gasteiger partial charge in [-0.05, 0) is 56.0 Å². The minimum absolute atomic E-state index is 0.0857. The molecule has 1 aliphatic heterocycles. The number of hydrazone groups is 1. The molecule has 0 saturated heterocycles. The molecule has 0 spiro atoms. The molecule has 1 heterocycles. The third-order valence-electron chi connectivity index (χ3n) is 5.15. The molecule has 0 unspecified atom stereocenters. The molecular weight excluding hydrogens is 360 g/mol. The summed E-state index contributed by atoms with van der Waals surface area (Å²) in [5.41, 5.74) is 6.44. The van der Waals surface area contributed by atoms with Gasteiger partial charge in [-0.3, -0.25) is 0 Å². The van der Waals surface area contributed by atoms with Gasteiger partial charge in [0.2, 0.25) is 0 Å². The second kappa shape index (κ2) is 7.61. The van der Waals surface area contributed by atoms with E-state index in [-0.39, 0.29) is 5.54 Å². The highest BCUT2D eigenvalue weighted by Crippen LogP contribution is 2.44. The van der Waals surface area contributed by atoms with E-state index in [9.17, 15) is 4.79 Å². The standard InChI is InChI=1S/C21H25ClN4O/c1-14-12-21(2,3)26(4)19-11-18(22)15(10-17(14)19)13-23-25-20(27)24-16-8-6-5-7-9-16/h5-11,13-14H,12H2,1-4H3,(H2,24,25,27)/b23-13+/t14-/m1/s1. The summed E-state index contributed by atoms with van der Waals surface area (Å²) in [7, 11) is 2.10. The molecule has 2 amide bonds. The molecule has 1 atom stereocenters. The van der Waals surface area contributed by atoms with Crippen LogP contribution in [0.4, 0.5) is 16.2 Å². The number of carbonyl (C=O) groups excluding carboxylic acids is 1. The van der Waals surface area contributed by atoms with Crippen LogP contribution in [-0.2, 0) is 0 Å². The van der Waals surface area contributed by atoms with E-state index in [1.54, 1.807) is 6.21 Å². The fraction of sp³-hybridized carbons (Fsp3) is 0.333. The summed E-state index contributed by atoms with van der Waals surface area (Å²) in [6.45, 7) is 6.71. The number of fused-ring (bicyclic) bond motifs is 1. The molecule has 2 aromatic carbocycles. The first-order chi connectivity index (χ1) is 12.8. The number of anilines is 2. The first kappa shape index (κ1) is 19.2. The number of nitrogens with zero attached hydrogens (tertiary/aromatic N) is 2. The summed E-state index contributed by atoms with van der Waals surface area (Å²) < 4.78 is 0. The molecule has 0 aliphatic carbocycles. The van der Waals surface area contributed by atoms with Crippen molar-refractivity contribution in [1.29, 1.82) is 0 Å².